The molecule has 0 bridgehead atoms. The number of carbonyl (C=O) groups is 2. The summed E-state index contributed by atoms with van der Waals surface area (Å²) in [5.41, 5.74) is 0.733. The van der Waals surface area contributed by atoms with Crippen molar-refractivity contribution >= 4 is 11.8 Å². The Morgan fingerprint density at radius 3 is 2.18 bits per heavy atom. The maximum atomic E-state index is 13.7. The summed E-state index contributed by atoms with van der Waals surface area (Å²) in [6, 6.07) is -0.708. The SMILES string of the molecule is C=CCOCC[C@H]1C[C@@H](C)C(=O)/C=C/C(C)=C/[C@H](CO[C@@H]2O[C@H](C)[C@@H](O)[C@@H](OC)[C@H]2OC)[C@@H](CC)OC(=O)C[C@@H](O)[C@H](C)[C@H]1O[C@@H]1O[C@H](C)[C@@H](O)[C@H](N(C)C)[C@H]1O. The first-order chi connectivity index (χ1) is 27.0. The van der Waals surface area contributed by atoms with Crippen molar-refractivity contribution in [3.8, 4) is 0 Å². The molecule has 0 spiro atoms. The number of ketones is 1. The molecular weight excluding hydrogens is 742 g/mol. The van der Waals surface area contributed by atoms with Crippen molar-refractivity contribution in [3.05, 3.63) is 36.5 Å². The van der Waals surface area contributed by atoms with Crippen LogP contribution in [0.1, 0.15) is 67.2 Å². The van der Waals surface area contributed by atoms with Crippen LogP contribution in [0.4, 0.5) is 0 Å². The number of esters is 1. The van der Waals surface area contributed by atoms with Crippen LogP contribution in [0.2, 0.25) is 0 Å². The number of hydrogen-bond donors (Lipinski definition) is 4. The van der Waals surface area contributed by atoms with E-state index in [1.807, 2.05) is 26.8 Å². The van der Waals surface area contributed by atoms with E-state index in [1.165, 1.54) is 20.3 Å². The number of likely N-dealkylation sites (N-methyl/N-ethyl adjacent to an activating group) is 1. The highest BCUT2D eigenvalue weighted by atomic mass is 16.7. The van der Waals surface area contributed by atoms with Crippen LogP contribution in [0.25, 0.3) is 0 Å². The Morgan fingerprint density at radius 2 is 1.56 bits per heavy atom. The number of methoxy groups -OCH3 is 2. The number of allylic oxidation sites excluding steroid dienone is 3. The zero-order valence-electron chi connectivity index (χ0n) is 35.6. The topological polar surface area (TPSA) is 192 Å². The van der Waals surface area contributed by atoms with Crippen molar-refractivity contribution in [3.63, 3.8) is 0 Å². The van der Waals surface area contributed by atoms with Gasteiger partial charge in [-0.2, -0.15) is 0 Å². The molecule has 0 amide bonds. The fourth-order valence-corrected chi connectivity index (χ4v) is 8.09. The summed E-state index contributed by atoms with van der Waals surface area (Å²) in [6.45, 7) is 15.1. The van der Waals surface area contributed by atoms with Gasteiger partial charge in [-0.1, -0.05) is 44.6 Å². The number of cyclic esters (lactones) is 1. The van der Waals surface area contributed by atoms with Crippen LogP contribution in [0.5, 0.6) is 0 Å². The van der Waals surface area contributed by atoms with Crippen LogP contribution in [-0.4, -0.2) is 165 Å². The number of aliphatic hydroxyl groups is 4. The van der Waals surface area contributed by atoms with E-state index in [0.717, 1.165) is 5.57 Å². The van der Waals surface area contributed by atoms with E-state index < -0.39 is 109 Å². The van der Waals surface area contributed by atoms with Crippen LogP contribution in [0.15, 0.2) is 36.5 Å². The highest BCUT2D eigenvalue weighted by Crippen LogP contribution is 2.35. The average Bonchev–Trinajstić information content (AvgIpc) is 3.16. The molecule has 57 heavy (non-hydrogen) atoms. The van der Waals surface area contributed by atoms with Crippen LogP contribution in [-0.2, 0) is 47.5 Å². The molecule has 3 heterocycles. The third kappa shape index (κ3) is 13.4. The van der Waals surface area contributed by atoms with E-state index in [4.69, 9.17) is 37.9 Å². The van der Waals surface area contributed by atoms with Crippen molar-refractivity contribution in [2.24, 2.45) is 23.7 Å². The Kier molecular flexibility index (Phi) is 20.4. The molecule has 0 aromatic rings. The predicted molar refractivity (Wildman–Crippen MR) is 211 cm³/mol. The molecule has 15 heteroatoms. The molecule has 0 aliphatic carbocycles. The minimum atomic E-state index is -1.26. The van der Waals surface area contributed by atoms with Crippen molar-refractivity contribution in [1.82, 2.24) is 4.90 Å². The molecule has 3 rings (SSSR count). The number of rotatable bonds is 14. The lowest BCUT2D eigenvalue weighted by molar-refractivity contribution is -0.304. The van der Waals surface area contributed by atoms with Crippen molar-refractivity contribution < 1.29 is 67.9 Å². The first-order valence-electron chi connectivity index (χ1n) is 20.3. The molecule has 2 saturated heterocycles. The lowest BCUT2D eigenvalue weighted by atomic mass is 9.79. The number of aliphatic hydroxyl groups excluding tert-OH is 4. The third-order valence-corrected chi connectivity index (χ3v) is 11.6. The van der Waals surface area contributed by atoms with Gasteiger partial charge in [0.15, 0.2) is 18.4 Å². The number of ether oxygens (including phenoxy) is 8. The fourth-order valence-electron chi connectivity index (χ4n) is 8.09. The molecule has 0 aromatic carbocycles. The Bertz CT molecular complexity index is 1310. The summed E-state index contributed by atoms with van der Waals surface area (Å²) in [4.78, 5) is 29.1. The van der Waals surface area contributed by atoms with Gasteiger partial charge in [-0.3, -0.25) is 9.59 Å². The lowest BCUT2D eigenvalue weighted by Gasteiger charge is -2.46. The Balaban J connectivity index is 1.99. The quantitative estimate of drug-likeness (QED) is 0.114. The maximum Gasteiger partial charge on any atom is 0.308 e. The number of carbonyl (C=O) groups excluding carboxylic acids is 2. The van der Waals surface area contributed by atoms with E-state index in [0.29, 0.717) is 32.5 Å². The summed E-state index contributed by atoms with van der Waals surface area (Å²) in [7, 11) is 6.45. The van der Waals surface area contributed by atoms with Gasteiger partial charge in [-0.05, 0) is 66.1 Å². The van der Waals surface area contributed by atoms with E-state index in [9.17, 15) is 30.0 Å². The van der Waals surface area contributed by atoms with Gasteiger partial charge in [-0.15, -0.1) is 6.58 Å². The fraction of sp³-hybridized carbons (Fsp3) is 0.810. The monoisotopic (exact) mass is 813 g/mol. The summed E-state index contributed by atoms with van der Waals surface area (Å²) >= 11 is 0. The molecule has 0 unspecified atom stereocenters. The molecule has 0 radical (unpaired) electrons. The highest BCUT2D eigenvalue weighted by molar-refractivity contribution is 5.91. The Morgan fingerprint density at radius 1 is 0.912 bits per heavy atom. The van der Waals surface area contributed by atoms with Crippen molar-refractivity contribution in [2.75, 3.05) is 48.1 Å². The molecular formula is C42H71NO14. The first kappa shape index (κ1) is 49.2. The second-order valence-corrected chi connectivity index (χ2v) is 16.1. The molecule has 0 saturated carbocycles. The smallest absolute Gasteiger partial charge is 0.308 e. The lowest BCUT2D eigenvalue weighted by Crippen LogP contribution is -2.63. The van der Waals surface area contributed by atoms with E-state index in [1.54, 1.807) is 51.9 Å². The maximum absolute atomic E-state index is 13.7. The second-order valence-electron chi connectivity index (χ2n) is 16.1. The zero-order valence-corrected chi connectivity index (χ0v) is 35.6. The van der Waals surface area contributed by atoms with Crippen LogP contribution < -0.4 is 0 Å². The van der Waals surface area contributed by atoms with Crippen LogP contribution in [0.3, 0.4) is 0 Å². The molecule has 17 atom stereocenters. The second kappa shape index (κ2) is 23.6. The Labute approximate surface area is 339 Å². The largest absolute Gasteiger partial charge is 0.462 e. The molecule has 2 fully saturated rings. The van der Waals surface area contributed by atoms with E-state index in [2.05, 4.69) is 6.58 Å². The molecule has 15 nitrogen and oxygen atoms in total. The summed E-state index contributed by atoms with van der Waals surface area (Å²) in [5.74, 6) is -2.86. The van der Waals surface area contributed by atoms with Gasteiger partial charge in [0.1, 0.15) is 30.5 Å². The molecule has 0 aromatic heterocycles. The zero-order chi connectivity index (χ0) is 42.6. The minimum Gasteiger partial charge on any atom is -0.462 e. The van der Waals surface area contributed by atoms with Gasteiger partial charge in [0, 0.05) is 38.6 Å². The number of hydrogen-bond acceptors (Lipinski definition) is 15. The Hall–Kier alpha value is -2.12. The molecule has 3 aliphatic rings. The van der Waals surface area contributed by atoms with Crippen molar-refractivity contribution in [1.29, 1.82) is 0 Å². The van der Waals surface area contributed by atoms with Crippen LogP contribution in [0, 0.1) is 23.7 Å². The highest BCUT2D eigenvalue weighted by Gasteiger charge is 2.48. The summed E-state index contributed by atoms with van der Waals surface area (Å²) < 4.78 is 47.9. The van der Waals surface area contributed by atoms with Gasteiger partial charge in [-0.25, -0.2) is 0 Å². The van der Waals surface area contributed by atoms with Gasteiger partial charge in [0.05, 0.1) is 56.2 Å². The van der Waals surface area contributed by atoms with Gasteiger partial charge >= 0.3 is 5.97 Å². The average molecular weight is 814 g/mol. The van der Waals surface area contributed by atoms with Gasteiger partial charge < -0.3 is 63.2 Å². The molecule has 4 N–H and O–H groups in total. The normalized spacial score (nSPS) is 41.9. The summed E-state index contributed by atoms with van der Waals surface area (Å²) in [5, 5.41) is 44.7. The molecule has 328 valence electrons. The van der Waals surface area contributed by atoms with E-state index >= 15 is 0 Å². The van der Waals surface area contributed by atoms with Gasteiger partial charge in [0.2, 0.25) is 0 Å². The minimum absolute atomic E-state index is 0.0281. The first-order valence-corrected chi connectivity index (χ1v) is 20.3. The van der Waals surface area contributed by atoms with Crippen LogP contribution >= 0.6 is 0 Å². The standard InChI is InChI=1S/C42H71NO14/c1-12-17-52-18-16-28-20-24(4)30(44)15-14-23(3)19-29(22-53-42-40(51-11)39(50-10)36(48)27(7)55-42)32(13-2)56-33(46)21-31(45)25(5)38(28)57-41-37(49)34(43(8)9)35(47)26(6)54-41/h12,14-15,19,24-29,31-32,34-42,45,47-49H,1,13,16-18,20-22H2,2-11H3/b15-14+,23-19+/t24-,25+,26-,27-,28+,29-,31-,32-,34+,35-,36-,37-,38-,39-,40-,41+,42-/m1/s1. The van der Waals surface area contributed by atoms with Gasteiger partial charge in [0.25, 0.3) is 0 Å². The summed E-state index contributed by atoms with van der Waals surface area (Å²) in [6.07, 6.45) is -3.24. The van der Waals surface area contributed by atoms with Crippen molar-refractivity contribution in [2.45, 2.75) is 147 Å². The molecule has 3 aliphatic heterocycles. The number of nitrogens with zero attached hydrogens (tertiary/aromatic N) is 1. The van der Waals surface area contributed by atoms with E-state index in [-0.39, 0.29) is 18.8 Å². The third-order valence-electron chi connectivity index (χ3n) is 11.6. The predicted octanol–water partition coefficient (Wildman–Crippen LogP) is 2.57.